The first-order valence-corrected chi connectivity index (χ1v) is 6.12. The summed E-state index contributed by atoms with van der Waals surface area (Å²) >= 11 is 13.3. The predicted octanol–water partition coefficient (Wildman–Crippen LogP) is 3.81. The quantitative estimate of drug-likeness (QED) is 0.840. The van der Waals surface area contributed by atoms with Crippen molar-refractivity contribution in [1.82, 2.24) is 9.97 Å². The van der Waals surface area contributed by atoms with Crippen LogP contribution in [0, 0.1) is 11.3 Å². The highest BCUT2D eigenvalue weighted by atomic mass is 35.5. The maximum Gasteiger partial charge on any atom is 0.173 e. The van der Waals surface area contributed by atoms with Gasteiger partial charge in [-0.1, -0.05) is 41.0 Å². The third-order valence-corrected chi connectivity index (χ3v) is 3.88. The Morgan fingerprint density at radius 1 is 1.12 bits per heavy atom. The maximum atomic E-state index is 8.90. The lowest BCUT2D eigenvalue weighted by Gasteiger charge is -2.05. The number of halogens is 2. The van der Waals surface area contributed by atoms with Crippen molar-refractivity contribution >= 4 is 35.0 Å². The lowest BCUT2D eigenvalue weighted by Crippen LogP contribution is -1.90. The molecule has 0 atom stereocenters. The minimum atomic E-state index is 0.258. The second-order valence-electron chi connectivity index (χ2n) is 2.97. The number of rotatable bonds is 2. The Hall–Kier alpha value is -1.28. The Kier molecular flexibility index (Phi) is 3.85. The van der Waals surface area contributed by atoms with Gasteiger partial charge < -0.3 is 0 Å². The van der Waals surface area contributed by atoms with Gasteiger partial charge in [-0.15, -0.1) is 0 Å². The minimum Gasteiger partial charge on any atom is -0.245 e. The van der Waals surface area contributed by atoms with Gasteiger partial charge in [0.25, 0.3) is 0 Å². The van der Waals surface area contributed by atoms with Crippen LogP contribution in [0.5, 0.6) is 0 Å². The van der Waals surface area contributed by atoms with Crippen molar-refractivity contribution < 1.29 is 0 Å². The lowest BCUT2D eigenvalue weighted by atomic mass is 10.4. The van der Waals surface area contributed by atoms with E-state index < -0.39 is 0 Å². The molecule has 3 nitrogen and oxygen atoms in total. The van der Waals surface area contributed by atoms with E-state index >= 15 is 0 Å². The fraction of sp³-hybridized carbons (Fsp3) is 0. The largest absolute Gasteiger partial charge is 0.245 e. The monoisotopic (exact) mass is 281 g/mol. The zero-order valence-corrected chi connectivity index (χ0v) is 10.7. The van der Waals surface area contributed by atoms with E-state index in [9.17, 15) is 0 Å². The van der Waals surface area contributed by atoms with Gasteiger partial charge in [-0.05, 0) is 12.1 Å². The Morgan fingerprint density at radius 3 is 2.41 bits per heavy atom. The summed E-state index contributed by atoms with van der Waals surface area (Å²) in [7, 11) is 0. The van der Waals surface area contributed by atoms with Crippen LogP contribution < -0.4 is 0 Å². The molecule has 0 fully saturated rings. The molecular formula is C11H5Cl2N3S. The van der Waals surface area contributed by atoms with Crippen LogP contribution in [-0.4, -0.2) is 9.97 Å². The van der Waals surface area contributed by atoms with Crippen LogP contribution in [0.1, 0.15) is 5.69 Å². The number of nitrogens with zero attached hydrogens (tertiary/aromatic N) is 3. The summed E-state index contributed by atoms with van der Waals surface area (Å²) in [6.45, 7) is 0. The normalized spacial score (nSPS) is 9.94. The molecule has 0 bridgehead atoms. The van der Waals surface area contributed by atoms with Crippen molar-refractivity contribution in [2.24, 2.45) is 0 Å². The molecule has 84 valence electrons. The summed E-state index contributed by atoms with van der Waals surface area (Å²) in [6, 6.07) is 7.20. The highest BCUT2D eigenvalue weighted by Gasteiger charge is 2.11. The van der Waals surface area contributed by atoms with Crippen LogP contribution >= 0.6 is 35.0 Å². The van der Waals surface area contributed by atoms with Crippen molar-refractivity contribution in [3.63, 3.8) is 0 Å². The van der Waals surface area contributed by atoms with Gasteiger partial charge in [0.15, 0.2) is 5.69 Å². The van der Waals surface area contributed by atoms with Gasteiger partial charge in [-0.25, -0.2) is 9.97 Å². The van der Waals surface area contributed by atoms with Crippen molar-refractivity contribution in [3.05, 3.63) is 46.3 Å². The Balaban J connectivity index is 2.42. The molecule has 17 heavy (non-hydrogen) atoms. The van der Waals surface area contributed by atoms with E-state index in [4.69, 9.17) is 28.5 Å². The van der Waals surface area contributed by atoms with Gasteiger partial charge in [-0.3, -0.25) is 0 Å². The third kappa shape index (κ3) is 2.70. The minimum absolute atomic E-state index is 0.258. The summed E-state index contributed by atoms with van der Waals surface area (Å²) in [5.74, 6) is 0. The van der Waals surface area contributed by atoms with E-state index in [1.165, 1.54) is 24.2 Å². The van der Waals surface area contributed by atoms with Crippen molar-refractivity contribution in [1.29, 1.82) is 5.26 Å². The number of hydrogen-bond acceptors (Lipinski definition) is 4. The van der Waals surface area contributed by atoms with Crippen LogP contribution in [0.3, 0.4) is 0 Å². The molecule has 0 aliphatic heterocycles. The molecule has 1 aromatic heterocycles. The molecule has 0 amide bonds. The van der Waals surface area contributed by atoms with Crippen molar-refractivity contribution in [2.45, 2.75) is 9.92 Å². The molecule has 0 aliphatic rings. The number of benzene rings is 1. The molecule has 0 spiro atoms. The Bertz CT molecular complexity index is 575. The first-order valence-electron chi connectivity index (χ1n) is 4.55. The third-order valence-electron chi connectivity index (χ3n) is 1.89. The summed E-state index contributed by atoms with van der Waals surface area (Å²) in [5.41, 5.74) is 0.258. The number of aromatic nitrogens is 2. The number of nitriles is 1. The Morgan fingerprint density at radius 2 is 1.76 bits per heavy atom. The fourth-order valence-corrected chi connectivity index (χ4v) is 2.62. The molecule has 0 unspecified atom stereocenters. The van der Waals surface area contributed by atoms with E-state index in [-0.39, 0.29) is 5.69 Å². The molecule has 0 aliphatic carbocycles. The average Bonchev–Trinajstić information content (AvgIpc) is 2.34. The van der Waals surface area contributed by atoms with Gasteiger partial charge in [0.1, 0.15) is 11.1 Å². The summed E-state index contributed by atoms with van der Waals surface area (Å²) in [6.07, 6.45) is 2.99. The van der Waals surface area contributed by atoms with Crippen molar-refractivity contribution in [3.8, 4) is 6.07 Å². The SMILES string of the molecule is N#Cc1nccnc1Sc1c(Cl)cccc1Cl. The van der Waals surface area contributed by atoms with Gasteiger partial charge in [0.2, 0.25) is 0 Å². The first-order chi connectivity index (χ1) is 8.22. The van der Waals surface area contributed by atoms with E-state index in [2.05, 4.69) is 9.97 Å². The van der Waals surface area contributed by atoms with E-state index in [0.29, 0.717) is 20.0 Å². The van der Waals surface area contributed by atoms with Crippen molar-refractivity contribution in [2.75, 3.05) is 0 Å². The fourth-order valence-electron chi connectivity index (χ4n) is 1.15. The highest BCUT2D eigenvalue weighted by molar-refractivity contribution is 7.99. The van der Waals surface area contributed by atoms with Gasteiger partial charge in [-0.2, -0.15) is 5.26 Å². The van der Waals surface area contributed by atoms with Gasteiger partial charge in [0.05, 0.1) is 14.9 Å². The second kappa shape index (κ2) is 5.37. The van der Waals surface area contributed by atoms with E-state index in [0.717, 1.165) is 0 Å². The van der Waals surface area contributed by atoms with Gasteiger partial charge >= 0.3 is 0 Å². The van der Waals surface area contributed by atoms with Crippen LogP contribution in [0.15, 0.2) is 40.5 Å². The molecular weight excluding hydrogens is 277 g/mol. The maximum absolute atomic E-state index is 8.90. The molecule has 2 aromatic rings. The molecule has 6 heteroatoms. The van der Waals surface area contributed by atoms with Crippen LogP contribution in [0.4, 0.5) is 0 Å². The number of hydrogen-bond donors (Lipinski definition) is 0. The van der Waals surface area contributed by atoms with E-state index in [1.807, 2.05) is 6.07 Å². The molecule has 0 saturated carbocycles. The summed E-state index contributed by atoms with van der Waals surface area (Å²) < 4.78 is 0. The second-order valence-corrected chi connectivity index (χ2v) is 4.79. The molecule has 0 N–H and O–H groups in total. The average molecular weight is 282 g/mol. The zero-order valence-electron chi connectivity index (χ0n) is 8.39. The Labute approximate surface area is 112 Å². The highest BCUT2D eigenvalue weighted by Crippen LogP contribution is 2.38. The molecule has 2 rings (SSSR count). The van der Waals surface area contributed by atoms with Crippen LogP contribution in [0.25, 0.3) is 0 Å². The van der Waals surface area contributed by atoms with Gasteiger partial charge in [0, 0.05) is 12.4 Å². The van der Waals surface area contributed by atoms with Crippen LogP contribution in [0.2, 0.25) is 10.0 Å². The summed E-state index contributed by atoms with van der Waals surface area (Å²) in [4.78, 5) is 8.68. The van der Waals surface area contributed by atoms with Crippen LogP contribution in [-0.2, 0) is 0 Å². The first kappa shape index (κ1) is 12.2. The molecule has 0 saturated heterocycles. The zero-order chi connectivity index (χ0) is 12.3. The smallest absolute Gasteiger partial charge is 0.173 e. The standard InChI is InChI=1S/C11H5Cl2N3S/c12-7-2-1-3-8(13)10(7)17-11-9(6-14)15-4-5-16-11/h1-5H. The topological polar surface area (TPSA) is 49.6 Å². The molecule has 1 heterocycles. The van der Waals surface area contributed by atoms with E-state index in [1.54, 1.807) is 18.2 Å². The molecule has 0 radical (unpaired) electrons. The summed E-state index contributed by atoms with van der Waals surface area (Å²) in [5, 5.41) is 10.4. The predicted molar refractivity (Wildman–Crippen MR) is 67.3 cm³/mol. The lowest BCUT2D eigenvalue weighted by molar-refractivity contribution is 1.02. The molecule has 1 aromatic carbocycles.